The normalized spacial score (nSPS) is 14.2. The van der Waals surface area contributed by atoms with Crippen molar-refractivity contribution in [3.05, 3.63) is 69.2 Å². The molecule has 2 amide bonds. The van der Waals surface area contributed by atoms with Crippen LogP contribution < -0.4 is 9.64 Å². The molecular formula is C17H11ClN2O5. The van der Waals surface area contributed by atoms with Crippen LogP contribution >= 0.6 is 11.6 Å². The van der Waals surface area contributed by atoms with Gasteiger partial charge in [-0.25, -0.2) is 4.90 Å². The molecule has 0 radical (unpaired) electrons. The van der Waals surface area contributed by atoms with Crippen molar-refractivity contribution in [2.75, 3.05) is 12.0 Å². The van der Waals surface area contributed by atoms with Gasteiger partial charge in [0.2, 0.25) is 0 Å². The molecule has 1 heterocycles. The molecule has 0 spiro atoms. The number of rotatable bonds is 4. The van der Waals surface area contributed by atoms with E-state index < -0.39 is 16.7 Å². The molecule has 3 rings (SSSR count). The number of nitro groups is 1. The average molecular weight is 359 g/mol. The number of ether oxygens (including phenoxy) is 1. The van der Waals surface area contributed by atoms with Crippen molar-refractivity contribution in [1.29, 1.82) is 0 Å². The Balaban J connectivity index is 1.97. The van der Waals surface area contributed by atoms with E-state index in [1.807, 2.05) is 0 Å². The van der Waals surface area contributed by atoms with E-state index in [0.29, 0.717) is 17.0 Å². The van der Waals surface area contributed by atoms with Gasteiger partial charge < -0.3 is 4.74 Å². The molecule has 1 aliphatic heterocycles. The molecule has 1 aliphatic rings. The SMILES string of the molecule is COc1ccc(N2C(=O)C(Cl)=C(c3ccc([N+](=O)[O-])cc3)C2=O)cc1. The van der Waals surface area contributed by atoms with Gasteiger partial charge in [-0.1, -0.05) is 11.6 Å². The molecular weight excluding hydrogens is 348 g/mol. The molecule has 126 valence electrons. The highest BCUT2D eigenvalue weighted by molar-refractivity contribution is 6.60. The Morgan fingerprint density at radius 2 is 1.60 bits per heavy atom. The fourth-order valence-electron chi connectivity index (χ4n) is 2.47. The molecule has 0 saturated heterocycles. The van der Waals surface area contributed by atoms with Gasteiger partial charge in [0.25, 0.3) is 17.5 Å². The maximum Gasteiger partial charge on any atom is 0.277 e. The molecule has 0 bridgehead atoms. The second-order valence-electron chi connectivity index (χ2n) is 5.14. The summed E-state index contributed by atoms with van der Waals surface area (Å²) in [6, 6.07) is 11.6. The first-order chi connectivity index (χ1) is 11.9. The number of halogens is 1. The third-order valence-corrected chi connectivity index (χ3v) is 4.08. The fraction of sp³-hybridized carbons (Fsp3) is 0.0588. The average Bonchev–Trinajstić information content (AvgIpc) is 2.84. The summed E-state index contributed by atoms with van der Waals surface area (Å²) in [7, 11) is 1.51. The summed E-state index contributed by atoms with van der Waals surface area (Å²) < 4.78 is 5.05. The first-order valence-corrected chi connectivity index (χ1v) is 7.49. The first-order valence-electron chi connectivity index (χ1n) is 7.11. The van der Waals surface area contributed by atoms with Crippen molar-refractivity contribution in [2.24, 2.45) is 0 Å². The van der Waals surface area contributed by atoms with Gasteiger partial charge in [0, 0.05) is 12.1 Å². The zero-order chi connectivity index (χ0) is 18.1. The van der Waals surface area contributed by atoms with Crippen LogP contribution in [0.4, 0.5) is 11.4 Å². The molecule has 0 fully saturated rings. The summed E-state index contributed by atoms with van der Waals surface area (Å²) in [5, 5.41) is 10.5. The van der Waals surface area contributed by atoms with Gasteiger partial charge in [0.15, 0.2) is 0 Å². The lowest BCUT2D eigenvalue weighted by molar-refractivity contribution is -0.384. The third kappa shape index (κ3) is 2.85. The first kappa shape index (κ1) is 16.7. The van der Waals surface area contributed by atoms with E-state index >= 15 is 0 Å². The van der Waals surface area contributed by atoms with Crippen LogP contribution in [0.2, 0.25) is 0 Å². The quantitative estimate of drug-likeness (QED) is 0.476. The number of amides is 2. The minimum atomic E-state index is -0.648. The Kier molecular flexibility index (Phi) is 4.24. The minimum absolute atomic E-state index is 0.0115. The van der Waals surface area contributed by atoms with Gasteiger partial charge in [-0.05, 0) is 42.0 Å². The highest BCUT2D eigenvalue weighted by Crippen LogP contribution is 2.35. The highest BCUT2D eigenvalue weighted by atomic mass is 35.5. The van der Waals surface area contributed by atoms with Gasteiger partial charge in [0.05, 0.1) is 23.3 Å². The van der Waals surface area contributed by atoms with Crippen LogP contribution in [-0.2, 0) is 9.59 Å². The largest absolute Gasteiger partial charge is 0.497 e. The number of nitro benzene ring substituents is 1. The van der Waals surface area contributed by atoms with Crippen molar-refractivity contribution >= 4 is 40.4 Å². The van der Waals surface area contributed by atoms with E-state index in [1.54, 1.807) is 24.3 Å². The smallest absolute Gasteiger partial charge is 0.277 e. The molecule has 0 N–H and O–H groups in total. The van der Waals surface area contributed by atoms with E-state index in [4.69, 9.17) is 16.3 Å². The summed E-state index contributed by atoms with van der Waals surface area (Å²) in [5.41, 5.74) is 0.581. The van der Waals surface area contributed by atoms with Crippen molar-refractivity contribution in [3.63, 3.8) is 0 Å². The van der Waals surface area contributed by atoms with Crippen LogP contribution in [0, 0.1) is 10.1 Å². The highest BCUT2D eigenvalue weighted by Gasteiger charge is 2.39. The molecule has 0 atom stereocenters. The fourth-order valence-corrected chi connectivity index (χ4v) is 2.74. The number of carbonyl (C=O) groups is 2. The summed E-state index contributed by atoms with van der Waals surface area (Å²) in [5.74, 6) is -0.656. The summed E-state index contributed by atoms with van der Waals surface area (Å²) in [6.07, 6.45) is 0. The van der Waals surface area contributed by atoms with Gasteiger partial charge in [-0.3, -0.25) is 19.7 Å². The van der Waals surface area contributed by atoms with Crippen molar-refractivity contribution < 1.29 is 19.2 Å². The molecule has 8 heteroatoms. The molecule has 7 nitrogen and oxygen atoms in total. The second kappa shape index (κ2) is 6.37. The molecule has 0 aliphatic carbocycles. The van der Waals surface area contributed by atoms with Crippen LogP contribution in [0.1, 0.15) is 5.56 Å². The number of non-ortho nitro benzene ring substituents is 1. The standard InChI is InChI=1S/C17H11ClN2O5/c1-25-13-8-6-11(7-9-13)19-16(21)14(15(18)17(19)22)10-2-4-12(5-3-10)20(23)24/h2-9H,1H3. The molecule has 0 unspecified atom stereocenters. The Morgan fingerprint density at radius 3 is 2.12 bits per heavy atom. The summed E-state index contributed by atoms with van der Waals surface area (Å²) in [6.45, 7) is 0. The van der Waals surface area contributed by atoms with E-state index in [1.165, 1.54) is 31.4 Å². The molecule has 25 heavy (non-hydrogen) atoms. The van der Waals surface area contributed by atoms with Crippen LogP contribution in [-0.4, -0.2) is 23.8 Å². The number of hydrogen-bond donors (Lipinski definition) is 0. The lowest BCUT2D eigenvalue weighted by atomic mass is 10.1. The Bertz CT molecular complexity index is 904. The Labute approximate surface area is 147 Å². The number of methoxy groups -OCH3 is 1. The zero-order valence-electron chi connectivity index (χ0n) is 12.9. The number of benzene rings is 2. The van der Waals surface area contributed by atoms with E-state index in [9.17, 15) is 19.7 Å². The van der Waals surface area contributed by atoms with E-state index in [0.717, 1.165) is 4.90 Å². The number of nitrogens with zero attached hydrogens (tertiary/aromatic N) is 2. The van der Waals surface area contributed by atoms with Gasteiger partial charge in [-0.2, -0.15) is 0 Å². The Hall–Kier alpha value is -3.19. The minimum Gasteiger partial charge on any atom is -0.497 e. The van der Waals surface area contributed by atoms with Crippen LogP contribution in [0.5, 0.6) is 5.75 Å². The zero-order valence-corrected chi connectivity index (χ0v) is 13.7. The monoisotopic (exact) mass is 358 g/mol. The van der Waals surface area contributed by atoms with E-state index in [2.05, 4.69) is 0 Å². The van der Waals surface area contributed by atoms with Crippen molar-refractivity contribution in [3.8, 4) is 5.75 Å². The topological polar surface area (TPSA) is 89.8 Å². The van der Waals surface area contributed by atoms with Gasteiger partial charge in [-0.15, -0.1) is 0 Å². The molecule has 2 aromatic carbocycles. The van der Waals surface area contributed by atoms with Gasteiger partial charge in [0.1, 0.15) is 10.8 Å². The number of imide groups is 1. The predicted octanol–water partition coefficient (Wildman–Crippen LogP) is 3.13. The number of hydrogen-bond acceptors (Lipinski definition) is 5. The van der Waals surface area contributed by atoms with Crippen LogP contribution in [0.15, 0.2) is 53.6 Å². The van der Waals surface area contributed by atoms with E-state index in [-0.39, 0.29) is 16.3 Å². The number of anilines is 1. The van der Waals surface area contributed by atoms with Crippen LogP contribution in [0.25, 0.3) is 5.57 Å². The maximum absolute atomic E-state index is 12.7. The lowest BCUT2D eigenvalue weighted by Crippen LogP contribution is -2.31. The molecule has 0 saturated carbocycles. The maximum atomic E-state index is 12.7. The lowest BCUT2D eigenvalue weighted by Gasteiger charge is -2.15. The predicted molar refractivity (Wildman–Crippen MR) is 91.4 cm³/mol. The van der Waals surface area contributed by atoms with Crippen LogP contribution in [0.3, 0.4) is 0 Å². The van der Waals surface area contributed by atoms with Crippen molar-refractivity contribution in [1.82, 2.24) is 0 Å². The second-order valence-corrected chi connectivity index (χ2v) is 5.51. The molecule has 2 aromatic rings. The summed E-state index contributed by atoms with van der Waals surface area (Å²) >= 11 is 6.07. The van der Waals surface area contributed by atoms with Crippen molar-refractivity contribution in [2.45, 2.75) is 0 Å². The van der Waals surface area contributed by atoms with Gasteiger partial charge >= 0.3 is 0 Å². The summed E-state index contributed by atoms with van der Waals surface area (Å²) in [4.78, 5) is 36.2. The number of carbonyl (C=O) groups excluding carboxylic acids is 2. The molecule has 0 aromatic heterocycles. The Morgan fingerprint density at radius 1 is 1.00 bits per heavy atom. The third-order valence-electron chi connectivity index (χ3n) is 3.72.